The van der Waals surface area contributed by atoms with E-state index < -0.39 is 17.7 Å². The first-order valence-corrected chi connectivity index (χ1v) is 9.06. The van der Waals surface area contributed by atoms with E-state index in [-0.39, 0.29) is 5.41 Å². The maximum Gasteiger partial charge on any atom is 0.289 e. The molecule has 7 heteroatoms. The molecule has 1 aromatic carbocycles. The number of carbonyl (C=O) groups is 2. The first-order valence-electron chi connectivity index (χ1n) is 9.06. The Morgan fingerprint density at radius 1 is 1.27 bits per heavy atom. The molecular weight excluding hydrogens is 334 g/mol. The normalized spacial score (nSPS) is 17.3. The number of rotatable bonds is 9. The highest BCUT2D eigenvalue weighted by Gasteiger charge is 2.36. The summed E-state index contributed by atoms with van der Waals surface area (Å²) in [6.07, 6.45) is 2.85. The molecule has 26 heavy (non-hydrogen) atoms. The van der Waals surface area contributed by atoms with Crippen molar-refractivity contribution < 1.29 is 19.1 Å². The van der Waals surface area contributed by atoms with E-state index in [0.717, 1.165) is 30.6 Å². The second kappa shape index (κ2) is 9.66. The molecule has 144 valence electrons. The maximum atomic E-state index is 12.3. The summed E-state index contributed by atoms with van der Waals surface area (Å²) in [5.74, 6) is 5.07. The number of methoxy groups -OCH3 is 1. The number of nitrogens with one attached hydrogen (secondary N) is 2. The fourth-order valence-electron chi connectivity index (χ4n) is 3.35. The Hall–Kier alpha value is -1.96. The Bertz CT molecular complexity index is 597. The lowest BCUT2D eigenvalue weighted by Crippen LogP contribution is -2.51. The Morgan fingerprint density at radius 3 is 2.46 bits per heavy atom. The average molecular weight is 363 g/mol. The number of hydrogen-bond acceptors (Lipinski definition) is 6. The minimum absolute atomic E-state index is 0.253. The van der Waals surface area contributed by atoms with Crippen molar-refractivity contribution in [3.63, 3.8) is 0 Å². The van der Waals surface area contributed by atoms with Gasteiger partial charge in [-0.2, -0.15) is 0 Å². The number of nitrogens with two attached hydrogens (primary N) is 1. The van der Waals surface area contributed by atoms with Gasteiger partial charge in [0.15, 0.2) is 0 Å². The van der Waals surface area contributed by atoms with Gasteiger partial charge < -0.3 is 14.8 Å². The van der Waals surface area contributed by atoms with Crippen LogP contribution in [-0.2, 0) is 19.7 Å². The van der Waals surface area contributed by atoms with Crippen LogP contribution in [-0.4, -0.2) is 44.6 Å². The third-order valence-electron chi connectivity index (χ3n) is 5.06. The van der Waals surface area contributed by atoms with Gasteiger partial charge in [-0.25, -0.2) is 5.43 Å². The third-order valence-corrected chi connectivity index (χ3v) is 5.06. The largest absolute Gasteiger partial charge is 0.497 e. The molecule has 0 radical (unpaired) electrons. The minimum Gasteiger partial charge on any atom is -0.497 e. The predicted molar refractivity (Wildman–Crippen MR) is 98.8 cm³/mol. The van der Waals surface area contributed by atoms with Crippen molar-refractivity contribution in [2.45, 2.75) is 44.1 Å². The highest BCUT2D eigenvalue weighted by atomic mass is 16.5. The van der Waals surface area contributed by atoms with E-state index >= 15 is 0 Å². The molecule has 1 aromatic rings. The Morgan fingerprint density at radius 2 is 1.92 bits per heavy atom. The molecule has 0 bridgehead atoms. The van der Waals surface area contributed by atoms with Gasteiger partial charge in [0.2, 0.25) is 5.78 Å². The smallest absolute Gasteiger partial charge is 0.289 e. The summed E-state index contributed by atoms with van der Waals surface area (Å²) in [6.45, 7) is 3.57. The summed E-state index contributed by atoms with van der Waals surface area (Å²) < 4.78 is 10.7. The zero-order valence-electron chi connectivity index (χ0n) is 15.5. The van der Waals surface area contributed by atoms with E-state index in [1.54, 1.807) is 7.11 Å². The van der Waals surface area contributed by atoms with Gasteiger partial charge in [0.25, 0.3) is 5.91 Å². The molecule has 1 fully saturated rings. The number of benzene rings is 1. The van der Waals surface area contributed by atoms with Crippen LogP contribution < -0.4 is 21.3 Å². The summed E-state index contributed by atoms with van der Waals surface area (Å²) in [5.41, 5.74) is 3.29. The van der Waals surface area contributed by atoms with Crippen LogP contribution in [0.2, 0.25) is 0 Å². The van der Waals surface area contributed by atoms with Crippen LogP contribution >= 0.6 is 0 Å². The van der Waals surface area contributed by atoms with E-state index in [4.69, 9.17) is 15.3 Å². The first kappa shape index (κ1) is 20.4. The molecule has 1 atom stereocenters. The molecule has 1 heterocycles. The van der Waals surface area contributed by atoms with Crippen LogP contribution in [0.15, 0.2) is 24.3 Å². The van der Waals surface area contributed by atoms with E-state index in [1.165, 1.54) is 0 Å². The van der Waals surface area contributed by atoms with E-state index in [2.05, 4.69) is 10.7 Å². The molecule has 1 unspecified atom stereocenters. The number of amides is 1. The SMILES string of the molecule is CCCC(NN)C(=O)C(=O)NCC1(c2ccc(OC)cc2)CCOCC1. The number of ether oxygens (including phenoxy) is 2. The molecule has 0 saturated carbocycles. The zero-order valence-corrected chi connectivity index (χ0v) is 15.5. The van der Waals surface area contributed by atoms with E-state index in [9.17, 15) is 9.59 Å². The van der Waals surface area contributed by atoms with Crippen molar-refractivity contribution >= 4 is 11.7 Å². The Kier molecular flexibility index (Phi) is 7.56. The summed E-state index contributed by atoms with van der Waals surface area (Å²) in [5, 5.41) is 2.82. The van der Waals surface area contributed by atoms with Gasteiger partial charge in [-0.1, -0.05) is 25.5 Å². The molecule has 1 aliphatic rings. The molecule has 1 aliphatic heterocycles. The molecule has 0 spiro atoms. The van der Waals surface area contributed by atoms with Gasteiger partial charge in [0.05, 0.1) is 13.2 Å². The lowest BCUT2D eigenvalue weighted by molar-refractivity contribution is -0.139. The van der Waals surface area contributed by atoms with E-state index in [1.807, 2.05) is 31.2 Å². The van der Waals surface area contributed by atoms with Gasteiger partial charge in [-0.05, 0) is 37.0 Å². The lowest BCUT2D eigenvalue weighted by atomic mass is 9.74. The van der Waals surface area contributed by atoms with Crippen LogP contribution in [0, 0.1) is 0 Å². The van der Waals surface area contributed by atoms with Gasteiger partial charge in [0.1, 0.15) is 5.75 Å². The van der Waals surface area contributed by atoms with Crippen LogP contribution in [0.5, 0.6) is 5.75 Å². The van der Waals surface area contributed by atoms with Crippen LogP contribution in [0.3, 0.4) is 0 Å². The third kappa shape index (κ3) is 4.81. The summed E-state index contributed by atoms with van der Waals surface area (Å²) in [6, 6.07) is 7.20. The summed E-state index contributed by atoms with van der Waals surface area (Å²) in [4.78, 5) is 24.6. The highest BCUT2D eigenvalue weighted by Crippen LogP contribution is 2.35. The monoisotopic (exact) mass is 363 g/mol. The maximum absolute atomic E-state index is 12.3. The molecule has 0 aliphatic carbocycles. The summed E-state index contributed by atoms with van der Waals surface area (Å²) in [7, 11) is 1.63. The van der Waals surface area contributed by atoms with Gasteiger partial charge in [0, 0.05) is 25.2 Å². The fraction of sp³-hybridized carbons (Fsp3) is 0.579. The van der Waals surface area contributed by atoms with Crippen LogP contribution in [0.25, 0.3) is 0 Å². The molecule has 7 nitrogen and oxygen atoms in total. The Balaban J connectivity index is 2.10. The topological polar surface area (TPSA) is 103 Å². The lowest BCUT2D eigenvalue weighted by Gasteiger charge is -2.38. The molecular formula is C19H29N3O4. The van der Waals surface area contributed by atoms with Gasteiger partial charge >= 0.3 is 0 Å². The molecule has 1 amide bonds. The number of hydrogen-bond donors (Lipinski definition) is 3. The fourth-order valence-corrected chi connectivity index (χ4v) is 3.35. The quantitative estimate of drug-likeness (QED) is 0.344. The highest BCUT2D eigenvalue weighted by molar-refractivity contribution is 6.38. The van der Waals surface area contributed by atoms with E-state index in [0.29, 0.717) is 26.2 Å². The van der Waals surface area contributed by atoms with Crippen molar-refractivity contribution in [3.8, 4) is 5.75 Å². The number of ketones is 1. The van der Waals surface area contributed by atoms with Crippen molar-refractivity contribution in [2.24, 2.45) is 5.84 Å². The Labute approximate surface area is 154 Å². The average Bonchev–Trinajstić information content (AvgIpc) is 2.70. The number of Topliss-reactive ketones (excluding diaryl/α,β-unsaturated/α-hetero) is 1. The van der Waals surface area contributed by atoms with Crippen LogP contribution in [0.1, 0.15) is 38.2 Å². The second-order valence-corrected chi connectivity index (χ2v) is 6.68. The molecule has 2 rings (SSSR count). The van der Waals surface area contributed by atoms with Gasteiger partial charge in [-0.15, -0.1) is 0 Å². The molecule has 0 aromatic heterocycles. The van der Waals surface area contributed by atoms with Crippen molar-refractivity contribution in [1.29, 1.82) is 0 Å². The van der Waals surface area contributed by atoms with Crippen molar-refractivity contribution in [3.05, 3.63) is 29.8 Å². The summed E-state index contributed by atoms with van der Waals surface area (Å²) >= 11 is 0. The predicted octanol–water partition coefficient (Wildman–Crippen LogP) is 1.06. The minimum atomic E-state index is -0.647. The second-order valence-electron chi connectivity index (χ2n) is 6.68. The van der Waals surface area contributed by atoms with Crippen molar-refractivity contribution in [2.75, 3.05) is 26.9 Å². The standard InChI is InChI=1S/C19H29N3O4/c1-3-4-16(22-20)17(23)18(24)21-13-19(9-11-26-12-10-19)14-5-7-15(25-2)8-6-14/h5-8,16,22H,3-4,9-13,20H2,1-2H3,(H,21,24). The molecule has 4 N–H and O–H groups in total. The molecule has 1 saturated heterocycles. The van der Waals surface area contributed by atoms with Crippen LogP contribution in [0.4, 0.5) is 0 Å². The van der Waals surface area contributed by atoms with Gasteiger partial charge in [-0.3, -0.25) is 15.4 Å². The van der Waals surface area contributed by atoms with Crippen molar-refractivity contribution in [1.82, 2.24) is 10.7 Å². The number of carbonyl (C=O) groups excluding carboxylic acids is 2. The zero-order chi connectivity index (χ0) is 19.0. The first-order chi connectivity index (χ1) is 12.6. The number of hydrazine groups is 1.